The first-order valence-electron chi connectivity index (χ1n) is 12.1. The van der Waals surface area contributed by atoms with Crippen LogP contribution in [0.2, 0.25) is 0 Å². The summed E-state index contributed by atoms with van der Waals surface area (Å²) in [7, 11) is -15.4. The fraction of sp³-hybridized carbons (Fsp3) is 0.0833. The number of aryl methyl sites for hydroxylation is 1. The van der Waals surface area contributed by atoms with Crippen LogP contribution in [0.15, 0.2) is 83.6 Å². The van der Waals surface area contributed by atoms with Crippen molar-refractivity contribution in [1.82, 2.24) is 14.8 Å². The maximum absolute atomic E-state index is 13.2. The molecule has 0 saturated heterocycles. The maximum Gasteiger partial charge on any atom is 0.416 e. The van der Waals surface area contributed by atoms with Crippen LogP contribution < -0.4 is 5.56 Å². The second kappa shape index (κ2) is 11.2. The Morgan fingerprint density at radius 3 is 2.00 bits per heavy atom. The third-order valence-corrected chi connectivity index (χ3v) is 9.67. The third kappa shape index (κ3) is 6.48. The molecule has 242 valence electrons. The van der Waals surface area contributed by atoms with Crippen molar-refractivity contribution in [1.29, 1.82) is 0 Å². The van der Waals surface area contributed by atoms with Gasteiger partial charge in [0.25, 0.3) is 30.4 Å². The number of hydrogen-bond acceptors (Lipinski definition) is 11. The van der Waals surface area contributed by atoms with Crippen molar-refractivity contribution in [3.05, 3.63) is 75.5 Å². The van der Waals surface area contributed by atoms with Crippen LogP contribution in [0.25, 0.3) is 27.2 Å². The molecule has 0 amide bonds. The molecule has 0 aliphatic carbocycles. The maximum atomic E-state index is 13.2. The molecule has 5 rings (SSSR count). The Morgan fingerprint density at radius 2 is 1.46 bits per heavy atom. The fourth-order valence-corrected chi connectivity index (χ4v) is 6.91. The van der Waals surface area contributed by atoms with Crippen molar-refractivity contribution in [3.63, 3.8) is 0 Å². The van der Waals surface area contributed by atoms with Crippen LogP contribution in [0, 0.1) is 6.92 Å². The van der Waals surface area contributed by atoms with E-state index >= 15 is 0 Å². The quantitative estimate of drug-likeness (QED) is 0.130. The van der Waals surface area contributed by atoms with Crippen LogP contribution in [-0.2, 0) is 36.5 Å². The van der Waals surface area contributed by atoms with Gasteiger partial charge in [0.15, 0.2) is 5.69 Å². The van der Waals surface area contributed by atoms with Crippen molar-refractivity contribution in [2.24, 2.45) is 10.2 Å². The SMILES string of the molecule is Cc1[nH]n(-c2nc(-c3ccc(C(F)(F)F)cc3)cs2)c(=O)c1N=Nc1cc(S(=O)(=O)O)cc2cc(S(=O)(=O)O)cc(S(=O)(=O)O)c12. The summed E-state index contributed by atoms with van der Waals surface area (Å²) < 4.78 is 140. The summed E-state index contributed by atoms with van der Waals surface area (Å²) in [5, 5.41) is 10.6. The molecule has 3 aromatic carbocycles. The van der Waals surface area contributed by atoms with E-state index in [1.54, 1.807) is 0 Å². The molecule has 0 unspecified atom stereocenters. The predicted molar refractivity (Wildman–Crippen MR) is 155 cm³/mol. The van der Waals surface area contributed by atoms with Crippen LogP contribution in [0.4, 0.5) is 24.5 Å². The van der Waals surface area contributed by atoms with Gasteiger partial charge in [-0.05, 0) is 48.7 Å². The van der Waals surface area contributed by atoms with E-state index < -0.39 is 84.5 Å². The minimum atomic E-state index is -5.27. The first kappa shape index (κ1) is 33.1. The monoisotopic (exact) mass is 719 g/mol. The molecular formula is C24H16F3N5O10S4. The Hall–Kier alpha value is -4.32. The average Bonchev–Trinajstić information content (AvgIpc) is 3.53. The Morgan fingerprint density at radius 1 is 0.870 bits per heavy atom. The largest absolute Gasteiger partial charge is 0.416 e. The summed E-state index contributed by atoms with van der Waals surface area (Å²) in [6.07, 6.45) is -4.54. The molecule has 2 aromatic heterocycles. The van der Waals surface area contributed by atoms with Gasteiger partial charge in [0.2, 0.25) is 5.13 Å². The number of aromatic amines is 1. The number of benzene rings is 3. The zero-order valence-corrected chi connectivity index (χ0v) is 25.7. The standard InChI is InChI=1S/C24H16F3N5O10S4/c1-11-21(22(33)32(31-11)23-28-18(10-43-23)12-2-4-14(5-3-12)24(25,26)27)30-29-17-8-15(44(34,35)36)6-13-7-16(45(37,38)39)9-19(20(13)17)46(40,41)42/h2-10,31H,1H3,(H,34,35,36)(H,37,38,39)(H,40,41,42). The summed E-state index contributed by atoms with van der Waals surface area (Å²) in [5.74, 6) is 0. The number of fused-ring (bicyclic) bond motifs is 1. The number of hydrogen-bond donors (Lipinski definition) is 4. The minimum Gasteiger partial charge on any atom is -0.291 e. The van der Waals surface area contributed by atoms with Crippen molar-refractivity contribution in [2.75, 3.05) is 0 Å². The first-order valence-corrected chi connectivity index (χ1v) is 17.3. The number of nitrogens with zero attached hydrogens (tertiary/aromatic N) is 4. The average molecular weight is 720 g/mol. The zero-order chi connectivity index (χ0) is 34.0. The molecule has 0 saturated carbocycles. The molecule has 46 heavy (non-hydrogen) atoms. The molecule has 0 bridgehead atoms. The smallest absolute Gasteiger partial charge is 0.291 e. The van der Waals surface area contributed by atoms with Crippen LogP contribution in [0.3, 0.4) is 0 Å². The summed E-state index contributed by atoms with van der Waals surface area (Å²) in [5.41, 5.74) is -2.16. The van der Waals surface area contributed by atoms with Crippen molar-refractivity contribution in [2.45, 2.75) is 27.8 Å². The fourth-order valence-electron chi connectivity index (χ4n) is 4.20. The molecule has 22 heteroatoms. The van der Waals surface area contributed by atoms with Gasteiger partial charge in [-0.25, -0.2) is 4.98 Å². The van der Waals surface area contributed by atoms with E-state index in [1.165, 1.54) is 24.4 Å². The molecule has 15 nitrogen and oxygen atoms in total. The number of thiazole rings is 1. The normalized spacial score (nSPS) is 13.2. The Bertz CT molecular complexity index is 2460. The van der Waals surface area contributed by atoms with Crippen LogP contribution in [0.1, 0.15) is 11.3 Å². The number of alkyl halides is 3. The lowest BCUT2D eigenvalue weighted by Gasteiger charge is -2.10. The van der Waals surface area contributed by atoms with Gasteiger partial charge in [-0.15, -0.1) is 21.6 Å². The van der Waals surface area contributed by atoms with Crippen molar-refractivity contribution in [3.8, 4) is 16.4 Å². The van der Waals surface area contributed by atoms with E-state index in [2.05, 4.69) is 20.3 Å². The summed E-state index contributed by atoms with van der Waals surface area (Å²) in [4.78, 5) is 14.4. The van der Waals surface area contributed by atoms with E-state index in [1.807, 2.05) is 0 Å². The lowest BCUT2D eigenvalue weighted by Crippen LogP contribution is -2.13. The van der Waals surface area contributed by atoms with Crippen LogP contribution in [0.5, 0.6) is 0 Å². The number of rotatable bonds is 7. The van der Waals surface area contributed by atoms with Gasteiger partial charge in [0, 0.05) is 16.3 Å². The summed E-state index contributed by atoms with van der Waals surface area (Å²) >= 11 is 0.940. The van der Waals surface area contributed by atoms with E-state index in [0.29, 0.717) is 29.8 Å². The Labute approximate surface area is 259 Å². The molecular weight excluding hydrogens is 704 g/mol. The summed E-state index contributed by atoms with van der Waals surface area (Å²) in [6.45, 7) is 1.38. The third-order valence-electron chi connectivity index (χ3n) is 6.30. The van der Waals surface area contributed by atoms with Gasteiger partial charge < -0.3 is 0 Å². The Kier molecular flexibility index (Phi) is 8.04. The molecule has 0 fully saturated rings. The van der Waals surface area contributed by atoms with Crippen molar-refractivity contribution >= 4 is 63.8 Å². The number of azo groups is 1. The molecule has 0 atom stereocenters. The molecule has 4 N–H and O–H groups in total. The van der Waals surface area contributed by atoms with E-state index in [-0.39, 0.29) is 16.5 Å². The minimum absolute atomic E-state index is 0.0367. The molecule has 0 aliphatic heterocycles. The zero-order valence-electron chi connectivity index (χ0n) is 22.5. The molecule has 5 aromatic rings. The molecule has 0 spiro atoms. The number of halogens is 3. The molecule has 0 aliphatic rings. The molecule has 0 radical (unpaired) electrons. The topological polar surface area (TPSA) is 239 Å². The summed E-state index contributed by atoms with van der Waals surface area (Å²) in [6, 6.07) is 6.47. The highest BCUT2D eigenvalue weighted by atomic mass is 32.2. The van der Waals surface area contributed by atoms with Gasteiger partial charge in [-0.3, -0.25) is 23.6 Å². The lowest BCUT2D eigenvalue weighted by molar-refractivity contribution is -0.137. The Balaban J connectivity index is 1.62. The number of H-pyrrole nitrogens is 1. The van der Waals surface area contributed by atoms with E-state index in [4.69, 9.17) is 0 Å². The van der Waals surface area contributed by atoms with E-state index in [0.717, 1.165) is 28.2 Å². The molecule has 2 heterocycles. The van der Waals surface area contributed by atoms with Gasteiger partial charge in [-0.2, -0.15) is 43.1 Å². The number of nitrogens with one attached hydrogen (secondary N) is 1. The first-order chi connectivity index (χ1) is 21.1. The number of aromatic nitrogens is 3. The van der Waals surface area contributed by atoms with Gasteiger partial charge >= 0.3 is 11.7 Å². The highest BCUT2D eigenvalue weighted by molar-refractivity contribution is 7.87. The van der Waals surface area contributed by atoms with E-state index in [9.17, 15) is 56.9 Å². The van der Waals surface area contributed by atoms with Crippen LogP contribution in [-0.4, -0.2) is 53.7 Å². The second-order valence-electron chi connectivity index (χ2n) is 9.40. The predicted octanol–water partition coefficient (Wildman–Crippen LogP) is 4.93. The van der Waals surface area contributed by atoms with Gasteiger partial charge in [0.05, 0.1) is 32.4 Å². The highest BCUT2D eigenvalue weighted by Gasteiger charge is 2.30. The second-order valence-corrected chi connectivity index (χ2v) is 14.5. The van der Waals surface area contributed by atoms with Gasteiger partial charge in [0.1, 0.15) is 4.90 Å². The van der Waals surface area contributed by atoms with Gasteiger partial charge in [-0.1, -0.05) is 12.1 Å². The lowest BCUT2D eigenvalue weighted by atomic mass is 10.1. The van der Waals surface area contributed by atoms with Crippen molar-refractivity contribution < 1.29 is 52.1 Å². The highest BCUT2D eigenvalue weighted by Crippen LogP contribution is 2.38. The van der Waals surface area contributed by atoms with Crippen LogP contribution >= 0.6 is 11.3 Å².